The molecule has 0 spiro atoms. The molecule has 0 N–H and O–H groups in total. The van der Waals surface area contributed by atoms with Crippen LogP contribution >= 0.6 is 35.3 Å². The van der Waals surface area contributed by atoms with Crippen LogP contribution in [0, 0.1) is 11.8 Å². The monoisotopic (exact) mass is 497 g/mol. The van der Waals surface area contributed by atoms with E-state index in [0.29, 0.717) is 16.4 Å². The summed E-state index contributed by atoms with van der Waals surface area (Å²) in [4.78, 5) is 32.7. The number of halogens is 2. The average molecular weight is 499 g/mol. The number of hydrogen-bond donors (Lipinski definition) is 0. The Hall–Kier alpha value is -1.34. The molecule has 176 valence electrons. The summed E-state index contributed by atoms with van der Waals surface area (Å²) < 4.78 is 0.995. The summed E-state index contributed by atoms with van der Waals surface area (Å²) in [6, 6.07) is 7.55. The highest BCUT2D eigenvalue weighted by molar-refractivity contribution is 7.20. The van der Waals surface area contributed by atoms with Crippen molar-refractivity contribution < 1.29 is 9.59 Å². The first-order valence-electron chi connectivity index (χ1n) is 11.4. The highest BCUT2D eigenvalue weighted by Crippen LogP contribution is 2.32. The number of carbonyl (C=O) groups is 2. The van der Waals surface area contributed by atoms with Crippen molar-refractivity contribution in [2.75, 3.05) is 46.3 Å². The SMILES string of the molecule is CCN(CC(=O)N1CCC(C2CCN(C)CC2)CC1)C(=O)c1cc2ccc(Cl)cc2s1.Cl. The number of likely N-dealkylation sites (tertiary alicyclic amines) is 2. The van der Waals surface area contributed by atoms with E-state index in [9.17, 15) is 9.59 Å². The van der Waals surface area contributed by atoms with E-state index in [-0.39, 0.29) is 30.8 Å². The van der Waals surface area contributed by atoms with E-state index >= 15 is 0 Å². The zero-order chi connectivity index (χ0) is 22.0. The minimum Gasteiger partial charge on any atom is -0.341 e. The van der Waals surface area contributed by atoms with E-state index in [1.807, 2.05) is 36.1 Å². The second kappa shape index (κ2) is 11.2. The smallest absolute Gasteiger partial charge is 0.264 e. The lowest BCUT2D eigenvalue weighted by molar-refractivity contribution is -0.133. The zero-order valence-corrected chi connectivity index (χ0v) is 21.3. The summed E-state index contributed by atoms with van der Waals surface area (Å²) in [7, 11) is 2.20. The molecule has 0 aliphatic carbocycles. The molecule has 32 heavy (non-hydrogen) atoms. The van der Waals surface area contributed by atoms with E-state index in [2.05, 4.69) is 11.9 Å². The highest BCUT2D eigenvalue weighted by atomic mass is 35.5. The number of nitrogens with zero attached hydrogens (tertiary/aromatic N) is 3. The van der Waals surface area contributed by atoms with Crippen LogP contribution in [0.15, 0.2) is 24.3 Å². The van der Waals surface area contributed by atoms with Crippen LogP contribution in [0.2, 0.25) is 5.02 Å². The molecule has 3 heterocycles. The van der Waals surface area contributed by atoms with Gasteiger partial charge in [-0.25, -0.2) is 0 Å². The summed E-state index contributed by atoms with van der Waals surface area (Å²) in [6.07, 6.45) is 4.76. The third-order valence-electron chi connectivity index (χ3n) is 7.01. The fourth-order valence-corrected chi connectivity index (χ4v) is 6.28. The Kier molecular flexibility index (Phi) is 8.84. The first kappa shape index (κ1) is 25.3. The molecule has 0 saturated carbocycles. The normalized spacial score (nSPS) is 18.5. The molecule has 2 saturated heterocycles. The van der Waals surface area contributed by atoms with E-state index in [0.717, 1.165) is 47.9 Å². The number of fused-ring (bicyclic) bond motifs is 1. The molecule has 2 amide bonds. The Morgan fingerprint density at radius 1 is 1.06 bits per heavy atom. The molecule has 5 nitrogen and oxygen atoms in total. The maximum absolute atomic E-state index is 13.1. The van der Waals surface area contributed by atoms with E-state index < -0.39 is 0 Å². The molecular formula is C24H33Cl2N3O2S. The van der Waals surface area contributed by atoms with Crippen LogP contribution in [0.3, 0.4) is 0 Å². The van der Waals surface area contributed by atoms with Crippen molar-refractivity contribution in [2.45, 2.75) is 32.6 Å². The summed E-state index contributed by atoms with van der Waals surface area (Å²) in [5.74, 6) is 1.55. The van der Waals surface area contributed by atoms with Crippen LogP contribution in [-0.2, 0) is 4.79 Å². The number of piperidine rings is 2. The maximum atomic E-state index is 13.1. The molecule has 2 aliphatic rings. The van der Waals surface area contributed by atoms with Gasteiger partial charge in [0.1, 0.15) is 6.54 Å². The van der Waals surface area contributed by atoms with Crippen LogP contribution in [-0.4, -0.2) is 72.8 Å². The van der Waals surface area contributed by atoms with Gasteiger partial charge in [0.2, 0.25) is 5.91 Å². The lowest BCUT2D eigenvalue weighted by Gasteiger charge is -2.39. The van der Waals surface area contributed by atoms with E-state index in [1.165, 1.54) is 37.3 Å². The Morgan fingerprint density at radius 3 is 2.31 bits per heavy atom. The Balaban J connectivity index is 0.00000289. The van der Waals surface area contributed by atoms with Gasteiger partial charge in [0.05, 0.1) is 4.88 Å². The van der Waals surface area contributed by atoms with Crippen LogP contribution in [0.25, 0.3) is 10.1 Å². The van der Waals surface area contributed by atoms with Crippen molar-refractivity contribution in [1.82, 2.24) is 14.7 Å². The van der Waals surface area contributed by atoms with Gasteiger partial charge in [0, 0.05) is 29.4 Å². The molecule has 8 heteroatoms. The molecule has 2 aromatic rings. The predicted octanol–water partition coefficient (Wildman–Crippen LogP) is 5.02. The Morgan fingerprint density at radius 2 is 1.69 bits per heavy atom. The number of amides is 2. The average Bonchev–Trinajstić information content (AvgIpc) is 3.20. The summed E-state index contributed by atoms with van der Waals surface area (Å²) >= 11 is 7.52. The van der Waals surface area contributed by atoms with Gasteiger partial charge in [0.15, 0.2) is 0 Å². The molecule has 0 atom stereocenters. The fraction of sp³-hybridized carbons (Fsp3) is 0.583. The molecule has 1 aromatic heterocycles. The Labute approximate surface area is 206 Å². The molecule has 1 aromatic carbocycles. The van der Waals surface area contributed by atoms with E-state index in [4.69, 9.17) is 11.6 Å². The number of carbonyl (C=O) groups excluding carboxylic acids is 2. The van der Waals surface area contributed by atoms with Gasteiger partial charge in [-0.1, -0.05) is 17.7 Å². The van der Waals surface area contributed by atoms with Gasteiger partial charge in [-0.05, 0) is 88.2 Å². The molecule has 4 rings (SSSR count). The number of thiophene rings is 1. The summed E-state index contributed by atoms with van der Waals surface area (Å²) in [5, 5.41) is 1.68. The topological polar surface area (TPSA) is 43.9 Å². The highest BCUT2D eigenvalue weighted by Gasteiger charge is 2.31. The lowest BCUT2D eigenvalue weighted by atomic mass is 9.79. The fourth-order valence-electron chi connectivity index (χ4n) is 4.98. The van der Waals surface area contributed by atoms with Crippen LogP contribution in [0.5, 0.6) is 0 Å². The van der Waals surface area contributed by atoms with Gasteiger partial charge in [-0.2, -0.15) is 0 Å². The van der Waals surface area contributed by atoms with Gasteiger partial charge < -0.3 is 14.7 Å². The van der Waals surface area contributed by atoms with Gasteiger partial charge in [-0.15, -0.1) is 23.7 Å². The molecule has 2 aliphatic heterocycles. The summed E-state index contributed by atoms with van der Waals surface area (Å²) in [6.45, 7) is 6.64. The molecule has 0 radical (unpaired) electrons. The molecular weight excluding hydrogens is 465 g/mol. The summed E-state index contributed by atoms with van der Waals surface area (Å²) in [5.41, 5.74) is 0. The third-order valence-corrected chi connectivity index (χ3v) is 8.33. The predicted molar refractivity (Wildman–Crippen MR) is 135 cm³/mol. The lowest BCUT2D eigenvalue weighted by Crippen LogP contribution is -2.47. The van der Waals surface area contributed by atoms with Crippen molar-refractivity contribution in [3.63, 3.8) is 0 Å². The second-order valence-corrected chi connectivity index (χ2v) is 10.5. The minimum atomic E-state index is -0.0746. The number of hydrogen-bond acceptors (Lipinski definition) is 4. The van der Waals surface area contributed by atoms with Gasteiger partial charge in [0.25, 0.3) is 5.91 Å². The first-order chi connectivity index (χ1) is 14.9. The zero-order valence-electron chi connectivity index (χ0n) is 18.9. The quantitative estimate of drug-likeness (QED) is 0.582. The van der Waals surface area contributed by atoms with Crippen LogP contribution in [0.1, 0.15) is 42.3 Å². The van der Waals surface area contributed by atoms with Crippen LogP contribution < -0.4 is 0 Å². The molecule has 0 bridgehead atoms. The maximum Gasteiger partial charge on any atom is 0.264 e. The molecule has 0 unspecified atom stereocenters. The number of rotatable bonds is 5. The standard InChI is InChI=1S/C24H32ClN3O2S.ClH/c1-3-27(24(30)22-14-19-4-5-20(25)15-21(19)31-22)16-23(29)28-12-8-18(9-13-28)17-6-10-26(2)11-7-17;/h4-5,14-15,17-18H,3,6-13,16H2,1-2H3;1H. The van der Waals surface area contributed by atoms with Gasteiger partial charge >= 0.3 is 0 Å². The van der Waals surface area contributed by atoms with Crippen molar-refractivity contribution in [1.29, 1.82) is 0 Å². The van der Waals surface area contributed by atoms with Crippen molar-refractivity contribution in [2.24, 2.45) is 11.8 Å². The van der Waals surface area contributed by atoms with Crippen molar-refractivity contribution in [3.8, 4) is 0 Å². The molecule has 2 fully saturated rings. The first-order valence-corrected chi connectivity index (χ1v) is 12.6. The van der Waals surface area contributed by atoms with Gasteiger partial charge in [-0.3, -0.25) is 9.59 Å². The van der Waals surface area contributed by atoms with Crippen LogP contribution in [0.4, 0.5) is 0 Å². The number of benzene rings is 1. The Bertz CT molecular complexity index is 934. The minimum absolute atomic E-state index is 0. The van der Waals surface area contributed by atoms with Crippen molar-refractivity contribution >= 4 is 57.2 Å². The largest absolute Gasteiger partial charge is 0.341 e. The van der Waals surface area contributed by atoms with Crippen molar-refractivity contribution in [3.05, 3.63) is 34.2 Å². The second-order valence-electron chi connectivity index (χ2n) is 8.97. The number of likely N-dealkylation sites (N-methyl/N-ethyl adjacent to an activating group) is 1. The van der Waals surface area contributed by atoms with E-state index in [1.54, 1.807) is 4.90 Å². The third kappa shape index (κ3) is 5.77.